The lowest BCUT2D eigenvalue weighted by atomic mass is 10.1. The Morgan fingerprint density at radius 3 is 2.77 bits per heavy atom. The normalized spacial score (nSPS) is 16.8. The number of benzene rings is 1. The van der Waals surface area contributed by atoms with Crippen molar-refractivity contribution in [2.45, 2.75) is 25.4 Å². The van der Waals surface area contributed by atoms with Gasteiger partial charge in [-0.15, -0.1) is 0 Å². The lowest BCUT2D eigenvalue weighted by molar-refractivity contribution is -0.133. The van der Waals surface area contributed by atoms with Crippen molar-refractivity contribution in [1.82, 2.24) is 14.9 Å². The van der Waals surface area contributed by atoms with E-state index in [2.05, 4.69) is 9.97 Å². The van der Waals surface area contributed by atoms with Gasteiger partial charge in [0.1, 0.15) is 11.9 Å². The average Bonchev–Trinajstić information content (AvgIpc) is 2.69. The molecule has 0 radical (unpaired) electrons. The summed E-state index contributed by atoms with van der Waals surface area (Å²) < 4.78 is 16.3. The van der Waals surface area contributed by atoms with E-state index in [1.54, 1.807) is 19.5 Å². The molecule has 1 saturated heterocycles. The van der Waals surface area contributed by atoms with E-state index < -0.39 is 0 Å². The summed E-state index contributed by atoms with van der Waals surface area (Å²) in [5.74, 6) is 1.55. The first-order valence-corrected chi connectivity index (χ1v) is 8.62. The highest BCUT2D eigenvalue weighted by Crippen LogP contribution is 2.24. The van der Waals surface area contributed by atoms with Crippen LogP contribution in [0.3, 0.4) is 0 Å². The van der Waals surface area contributed by atoms with Gasteiger partial charge in [-0.05, 0) is 30.5 Å². The van der Waals surface area contributed by atoms with Gasteiger partial charge in [-0.25, -0.2) is 9.97 Å². The summed E-state index contributed by atoms with van der Waals surface area (Å²) in [4.78, 5) is 22.8. The third-order valence-electron chi connectivity index (χ3n) is 4.33. The predicted octanol–water partition coefficient (Wildman–Crippen LogP) is 2.11. The number of hydrogen-bond acceptors (Lipinski definition) is 6. The molecule has 0 N–H and O–H groups in total. The van der Waals surface area contributed by atoms with Crippen molar-refractivity contribution in [3.63, 3.8) is 0 Å². The number of aromatic nitrogens is 2. The lowest BCUT2D eigenvalue weighted by Crippen LogP contribution is -2.45. The predicted molar refractivity (Wildman–Crippen MR) is 95.5 cm³/mol. The summed E-state index contributed by atoms with van der Waals surface area (Å²) in [6.45, 7) is 1.27. The number of rotatable bonds is 6. The molecule has 1 fully saturated rings. The van der Waals surface area contributed by atoms with Crippen LogP contribution in [0.1, 0.15) is 18.4 Å². The second kappa shape index (κ2) is 8.51. The first-order chi connectivity index (χ1) is 12.7. The minimum atomic E-state index is -0.122. The highest BCUT2D eigenvalue weighted by atomic mass is 16.5. The van der Waals surface area contributed by atoms with E-state index in [9.17, 15) is 4.79 Å². The fraction of sp³-hybridized carbons (Fsp3) is 0.421. The largest absolute Gasteiger partial charge is 0.497 e. The van der Waals surface area contributed by atoms with Crippen LogP contribution >= 0.6 is 0 Å². The molecule has 7 nitrogen and oxygen atoms in total. The maximum absolute atomic E-state index is 12.7. The maximum atomic E-state index is 12.7. The summed E-state index contributed by atoms with van der Waals surface area (Å²) in [7, 11) is 3.15. The van der Waals surface area contributed by atoms with Crippen molar-refractivity contribution in [2.24, 2.45) is 0 Å². The number of amides is 1. The molecule has 26 heavy (non-hydrogen) atoms. The van der Waals surface area contributed by atoms with Crippen LogP contribution in [0.4, 0.5) is 0 Å². The molecule has 1 aromatic carbocycles. The first kappa shape index (κ1) is 18.0. The molecular formula is C19H23N3O4. The van der Waals surface area contributed by atoms with Crippen molar-refractivity contribution in [3.05, 3.63) is 42.2 Å². The van der Waals surface area contributed by atoms with Crippen LogP contribution in [0, 0.1) is 0 Å². The van der Waals surface area contributed by atoms with Crippen molar-refractivity contribution >= 4 is 5.91 Å². The Kier molecular flexibility index (Phi) is 5.88. The van der Waals surface area contributed by atoms with Gasteiger partial charge in [-0.1, -0.05) is 12.1 Å². The molecular weight excluding hydrogens is 334 g/mol. The zero-order valence-electron chi connectivity index (χ0n) is 15.1. The summed E-state index contributed by atoms with van der Waals surface area (Å²) in [5, 5.41) is 0. The van der Waals surface area contributed by atoms with Crippen LogP contribution in [0.25, 0.3) is 0 Å². The fourth-order valence-electron chi connectivity index (χ4n) is 3.02. The number of piperidine rings is 1. The van der Waals surface area contributed by atoms with Crippen LogP contribution < -0.4 is 14.2 Å². The molecule has 7 heteroatoms. The van der Waals surface area contributed by atoms with Gasteiger partial charge in [0.15, 0.2) is 0 Å². The molecule has 138 valence electrons. The minimum absolute atomic E-state index is 0.0812. The number of hydrogen-bond donors (Lipinski definition) is 0. The smallest absolute Gasteiger partial charge is 0.278 e. The molecule has 0 saturated carbocycles. The Labute approximate surface area is 152 Å². The molecule has 0 spiro atoms. The second-order valence-corrected chi connectivity index (χ2v) is 6.12. The number of ether oxygens (including phenoxy) is 3. The lowest BCUT2D eigenvalue weighted by Gasteiger charge is -2.32. The molecule has 0 unspecified atom stereocenters. The molecule has 1 aliphatic heterocycles. The van der Waals surface area contributed by atoms with Crippen LogP contribution in [0.15, 0.2) is 36.7 Å². The van der Waals surface area contributed by atoms with Gasteiger partial charge >= 0.3 is 0 Å². The molecule has 1 aromatic heterocycles. The molecule has 1 aliphatic rings. The van der Waals surface area contributed by atoms with Gasteiger partial charge in [-0.2, -0.15) is 0 Å². The molecule has 0 aliphatic carbocycles. The second-order valence-electron chi connectivity index (χ2n) is 6.12. The number of likely N-dealkylation sites (tertiary alicyclic amines) is 1. The average molecular weight is 357 g/mol. The summed E-state index contributed by atoms with van der Waals surface area (Å²) >= 11 is 0. The SMILES string of the molecule is COc1cccc(CC(=O)N2CCC[C@@H](Oc3nccnc3OC)C2)c1. The minimum Gasteiger partial charge on any atom is -0.497 e. The standard InChI is InChI=1S/C19H23N3O4/c1-24-15-6-3-5-14(11-15)12-17(23)22-10-4-7-16(13-22)26-19-18(25-2)20-8-9-21-19/h3,5-6,8-9,11,16H,4,7,10,12-13H2,1-2H3/t16-/m1/s1. The Bertz CT molecular complexity index is 753. The van der Waals surface area contributed by atoms with Crippen molar-refractivity contribution in [2.75, 3.05) is 27.3 Å². The van der Waals surface area contributed by atoms with Crippen LogP contribution in [0.5, 0.6) is 17.5 Å². The highest BCUT2D eigenvalue weighted by Gasteiger charge is 2.26. The van der Waals surface area contributed by atoms with Gasteiger partial charge in [0, 0.05) is 18.9 Å². The Balaban J connectivity index is 1.61. The van der Waals surface area contributed by atoms with Crippen molar-refractivity contribution in [3.8, 4) is 17.5 Å². The molecule has 1 amide bonds. The first-order valence-electron chi connectivity index (χ1n) is 8.62. The molecule has 2 aromatic rings. The Morgan fingerprint density at radius 2 is 2.00 bits per heavy atom. The number of carbonyl (C=O) groups is 1. The van der Waals surface area contributed by atoms with E-state index in [4.69, 9.17) is 14.2 Å². The topological polar surface area (TPSA) is 73.8 Å². The van der Waals surface area contributed by atoms with E-state index >= 15 is 0 Å². The summed E-state index contributed by atoms with van der Waals surface area (Å²) in [6, 6.07) is 7.58. The number of methoxy groups -OCH3 is 2. The van der Waals surface area contributed by atoms with Crippen LogP contribution in [-0.4, -0.2) is 54.2 Å². The van der Waals surface area contributed by atoms with Gasteiger partial charge in [0.05, 0.1) is 27.2 Å². The summed E-state index contributed by atoms with van der Waals surface area (Å²) in [5.41, 5.74) is 0.938. The van der Waals surface area contributed by atoms with Gasteiger partial charge in [0.25, 0.3) is 11.8 Å². The number of nitrogens with zero attached hydrogens (tertiary/aromatic N) is 3. The van der Waals surface area contributed by atoms with Crippen molar-refractivity contribution < 1.29 is 19.0 Å². The zero-order valence-corrected chi connectivity index (χ0v) is 15.1. The zero-order chi connectivity index (χ0) is 18.4. The quantitative estimate of drug-likeness (QED) is 0.788. The van der Waals surface area contributed by atoms with Crippen LogP contribution in [0.2, 0.25) is 0 Å². The van der Waals surface area contributed by atoms with E-state index in [1.807, 2.05) is 29.2 Å². The van der Waals surface area contributed by atoms with E-state index in [0.29, 0.717) is 24.7 Å². The van der Waals surface area contributed by atoms with Gasteiger partial charge < -0.3 is 19.1 Å². The maximum Gasteiger partial charge on any atom is 0.278 e. The monoisotopic (exact) mass is 357 g/mol. The highest BCUT2D eigenvalue weighted by molar-refractivity contribution is 5.79. The third-order valence-corrected chi connectivity index (χ3v) is 4.33. The summed E-state index contributed by atoms with van der Waals surface area (Å²) in [6.07, 6.45) is 5.09. The van der Waals surface area contributed by atoms with E-state index in [1.165, 1.54) is 7.11 Å². The molecule has 3 rings (SSSR count). The van der Waals surface area contributed by atoms with Crippen LogP contribution in [-0.2, 0) is 11.2 Å². The van der Waals surface area contributed by atoms with E-state index in [-0.39, 0.29) is 12.0 Å². The van der Waals surface area contributed by atoms with Crippen molar-refractivity contribution in [1.29, 1.82) is 0 Å². The fourth-order valence-corrected chi connectivity index (χ4v) is 3.02. The molecule has 0 bridgehead atoms. The third kappa shape index (κ3) is 4.41. The van der Waals surface area contributed by atoms with Gasteiger partial charge in [-0.3, -0.25) is 4.79 Å². The Hall–Kier alpha value is -2.83. The molecule has 1 atom stereocenters. The Morgan fingerprint density at radius 1 is 1.19 bits per heavy atom. The van der Waals surface area contributed by atoms with Gasteiger partial charge in [0.2, 0.25) is 5.91 Å². The molecule has 2 heterocycles. The van der Waals surface area contributed by atoms with E-state index in [0.717, 1.165) is 30.7 Å². The number of carbonyl (C=O) groups excluding carboxylic acids is 1.